The van der Waals surface area contributed by atoms with Crippen LogP contribution in [0.5, 0.6) is 0 Å². The van der Waals surface area contributed by atoms with Crippen LogP contribution in [0.25, 0.3) is 0 Å². The molecular formula is C16H18FN5O2. The molecule has 0 spiro atoms. The number of halogens is 1. The van der Waals surface area contributed by atoms with E-state index in [1.165, 1.54) is 6.07 Å². The Balaban J connectivity index is 1.64. The van der Waals surface area contributed by atoms with Gasteiger partial charge in [-0.2, -0.15) is 5.10 Å². The summed E-state index contributed by atoms with van der Waals surface area (Å²) in [6.07, 6.45) is 3.82. The Labute approximate surface area is 138 Å². The largest absolute Gasteiger partial charge is 0.326 e. The molecule has 0 radical (unpaired) electrons. The smallest absolute Gasteiger partial charge is 0.319 e. The molecule has 2 aromatic rings. The monoisotopic (exact) mass is 331 g/mol. The first-order chi connectivity index (χ1) is 11.5. The second kappa shape index (κ2) is 6.31. The Morgan fingerprint density at radius 3 is 2.88 bits per heavy atom. The van der Waals surface area contributed by atoms with E-state index in [1.54, 1.807) is 48.1 Å². The van der Waals surface area contributed by atoms with Crippen LogP contribution in [0, 0.1) is 12.7 Å². The molecule has 3 rings (SSSR count). The van der Waals surface area contributed by atoms with Gasteiger partial charge in [-0.3, -0.25) is 9.48 Å². The molecule has 3 amide bonds. The fourth-order valence-electron chi connectivity index (χ4n) is 2.72. The van der Waals surface area contributed by atoms with Gasteiger partial charge in [0.25, 0.3) is 0 Å². The van der Waals surface area contributed by atoms with Crippen molar-refractivity contribution in [2.75, 3.05) is 16.8 Å². The Bertz CT molecular complexity index is 768. The number of nitrogens with zero attached hydrogens (tertiary/aromatic N) is 3. The first-order valence-corrected chi connectivity index (χ1v) is 7.58. The Kier molecular flexibility index (Phi) is 4.20. The lowest BCUT2D eigenvalue weighted by Gasteiger charge is -2.16. The Hall–Kier alpha value is -2.90. The number of carbonyl (C=O) groups is 2. The van der Waals surface area contributed by atoms with E-state index < -0.39 is 17.9 Å². The maximum Gasteiger partial charge on any atom is 0.319 e. The van der Waals surface area contributed by atoms with E-state index in [9.17, 15) is 14.0 Å². The molecule has 24 heavy (non-hydrogen) atoms. The van der Waals surface area contributed by atoms with E-state index in [-0.39, 0.29) is 11.6 Å². The summed E-state index contributed by atoms with van der Waals surface area (Å²) in [6, 6.07) is 3.30. The van der Waals surface area contributed by atoms with Crippen LogP contribution in [0.4, 0.5) is 20.6 Å². The fourth-order valence-corrected chi connectivity index (χ4v) is 2.72. The fraction of sp³-hybridized carbons (Fsp3) is 0.312. The molecule has 126 valence electrons. The van der Waals surface area contributed by atoms with Gasteiger partial charge in [0.1, 0.15) is 11.9 Å². The van der Waals surface area contributed by atoms with Crippen LogP contribution in [0.3, 0.4) is 0 Å². The number of amides is 3. The Morgan fingerprint density at radius 2 is 2.21 bits per heavy atom. The summed E-state index contributed by atoms with van der Waals surface area (Å²) in [5.41, 5.74) is 1.42. The first kappa shape index (κ1) is 16.0. The highest BCUT2D eigenvalue weighted by atomic mass is 19.1. The zero-order chi connectivity index (χ0) is 17.3. The molecule has 1 aliphatic rings. The van der Waals surface area contributed by atoms with Crippen LogP contribution in [-0.4, -0.2) is 34.3 Å². The second-order valence-electron chi connectivity index (χ2n) is 5.73. The van der Waals surface area contributed by atoms with Gasteiger partial charge in [-0.1, -0.05) is 12.1 Å². The van der Waals surface area contributed by atoms with Crippen molar-refractivity contribution in [3.63, 3.8) is 0 Å². The SMILES string of the molecule is Cc1cccc(F)c1NC(=O)NC1CCN(c2cnn(C)c2)C1=O. The van der Waals surface area contributed by atoms with Crippen LogP contribution in [0.15, 0.2) is 30.6 Å². The van der Waals surface area contributed by atoms with Gasteiger partial charge >= 0.3 is 6.03 Å². The Morgan fingerprint density at radius 1 is 1.42 bits per heavy atom. The minimum absolute atomic E-state index is 0.115. The number of para-hydroxylation sites is 1. The number of hydrogen-bond acceptors (Lipinski definition) is 3. The van der Waals surface area contributed by atoms with Gasteiger partial charge < -0.3 is 15.5 Å². The second-order valence-corrected chi connectivity index (χ2v) is 5.73. The van der Waals surface area contributed by atoms with Crippen LogP contribution in [-0.2, 0) is 11.8 Å². The standard InChI is InChI=1S/C16H18FN5O2/c1-10-4-3-5-12(17)14(10)20-16(24)19-13-6-7-22(15(13)23)11-8-18-21(2)9-11/h3-5,8-9,13H,6-7H2,1-2H3,(H2,19,20,24). The quantitative estimate of drug-likeness (QED) is 0.900. The molecule has 2 N–H and O–H groups in total. The number of aromatic nitrogens is 2. The zero-order valence-electron chi connectivity index (χ0n) is 13.4. The van der Waals surface area contributed by atoms with Crippen molar-refractivity contribution in [3.8, 4) is 0 Å². The number of urea groups is 1. The molecule has 1 fully saturated rings. The van der Waals surface area contributed by atoms with E-state index in [2.05, 4.69) is 15.7 Å². The predicted molar refractivity (Wildman–Crippen MR) is 87.3 cm³/mol. The third kappa shape index (κ3) is 3.08. The summed E-state index contributed by atoms with van der Waals surface area (Å²) in [5, 5.41) is 9.11. The van der Waals surface area contributed by atoms with E-state index in [0.29, 0.717) is 24.2 Å². The number of rotatable bonds is 3. The molecule has 8 heteroatoms. The first-order valence-electron chi connectivity index (χ1n) is 7.58. The lowest BCUT2D eigenvalue weighted by atomic mass is 10.2. The van der Waals surface area contributed by atoms with Crippen molar-refractivity contribution in [1.82, 2.24) is 15.1 Å². The van der Waals surface area contributed by atoms with E-state index in [1.807, 2.05) is 0 Å². The van der Waals surface area contributed by atoms with Crippen LogP contribution in [0.1, 0.15) is 12.0 Å². The molecular weight excluding hydrogens is 313 g/mol. The summed E-state index contributed by atoms with van der Waals surface area (Å²) < 4.78 is 15.4. The van der Waals surface area contributed by atoms with Crippen LogP contribution >= 0.6 is 0 Å². The van der Waals surface area contributed by atoms with Gasteiger partial charge in [-0.25, -0.2) is 9.18 Å². The van der Waals surface area contributed by atoms with Crippen molar-refractivity contribution in [2.45, 2.75) is 19.4 Å². The lowest BCUT2D eigenvalue weighted by Crippen LogP contribution is -2.43. The average molecular weight is 331 g/mol. The molecule has 0 aliphatic carbocycles. The summed E-state index contributed by atoms with van der Waals surface area (Å²) >= 11 is 0. The van der Waals surface area contributed by atoms with Crippen LogP contribution < -0.4 is 15.5 Å². The average Bonchev–Trinajstić information content (AvgIpc) is 3.10. The molecule has 0 saturated carbocycles. The topological polar surface area (TPSA) is 79.3 Å². The highest BCUT2D eigenvalue weighted by Gasteiger charge is 2.34. The van der Waals surface area contributed by atoms with Gasteiger partial charge in [0.05, 0.1) is 17.6 Å². The lowest BCUT2D eigenvalue weighted by molar-refractivity contribution is -0.118. The molecule has 1 aromatic carbocycles. The highest BCUT2D eigenvalue weighted by molar-refractivity contribution is 6.02. The van der Waals surface area contributed by atoms with Crippen molar-refractivity contribution in [2.24, 2.45) is 7.05 Å². The molecule has 1 saturated heterocycles. The minimum Gasteiger partial charge on any atom is -0.326 e. The zero-order valence-corrected chi connectivity index (χ0v) is 13.4. The third-order valence-electron chi connectivity index (χ3n) is 3.97. The molecule has 1 unspecified atom stereocenters. The minimum atomic E-state index is -0.641. The van der Waals surface area contributed by atoms with Crippen molar-refractivity contribution in [1.29, 1.82) is 0 Å². The number of aryl methyl sites for hydroxylation is 2. The third-order valence-corrected chi connectivity index (χ3v) is 3.97. The predicted octanol–water partition coefficient (Wildman–Crippen LogP) is 1.79. The van der Waals surface area contributed by atoms with Gasteiger partial charge in [0.2, 0.25) is 5.91 Å². The molecule has 7 nitrogen and oxygen atoms in total. The maximum atomic E-state index is 13.8. The maximum absolute atomic E-state index is 13.8. The van der Waals surface area contributed by atoms with Crippen molar-refractivity contribution in [3.05, 3.63) is 42.0 Å². The molecule has 0 bridgehead atoms. The summed E-state index contributed by atoms with van der Waals surface area (Å²) in [6.45, 7) is 2.19. The molecule has 1 aliphatic heterocycles. The molecule has 2 heterocycles. The number of carbonyl (C=O) groups excluding carboxylic acids is 2. The van der Waals surface area contributed by atoms with Gasteiger partial charge in [-0.05, 0) is 25.0 Å². The van der Waals surface area contributed by atoms with Crippen LogP contribution in [0.2, 0.25) is 0 Å². The normalized spacial score (nSPS) is 17.2. The number of nitrogens with one attached hydrogen (secondary N) is 2. The van der Waals surface area contributed by atoms with E-state index >= 15 is 0 Å². The number of benzene rings is 1. The molecule has 1 aromatic heterocycles. The summed E-state index contributed by atoms with van der Waals surface area (Å²) in [7, 11) is 1.77. The van der Waals surface area contributed by atoms with E-state index in [0.717, 1.165) is 0 Å². The van der Waals surface area contributed by atoms with Crippen molar-refractivity contribution < 1.29 is 14.0 Å². The summed E-state index contributed by atoms with van der Waals surface area (Å²) in [4.78, 5) is 26.1. The van der Waals surface area contributed by atoms with Gasteiger partial charge in [0.15, 0.2) is 0 Å². The number of hydrogen-bond donors (Lipinski definition) is 2. The van der Waals surface area contributed by atoms with E-state index in [4.69, 9.17) is 0 Å². The highest BCUT2D eigenvalue weighted by Crippen LogP contribution is 2.21. The molecule has 1 atom stereocenters. The van der Waals surface area contributed by atoms with Gasteiger partial charge in [-0.15, -0.1) is 0 Å². The van der Waals surface area contributed by atoms with Crippen molar-refractivity contribution >= 4 is 23.3 Å². The number of anilines is 2. The summed E-state index contributed by atoms with van der Waals surface area (Å²) in [5.74, 6) is -0.719. The van der Waals surface area contributed by atoms with Gasteiger partial charge in [0, 0.05) is 19.8 Å².